The number of rotatable bonds is 3. The highest BCUT2D eigenvalue weighted by molar-refractivity contribution is 5.45. The highest BCUT2D eigenvalue weighted by Crippen LogP contribution is 2.18. The minimum absolute atomic E-state index is 0.136. The monoisotopic (exact) mass is 299 g/mol. The van der Waals surface area contributed by atoms with E-state index in [1.165, 1.54) is 24.9 Å². The second-order valence-corrected chi connectivity index (χ2v) is 4.51. The standard InChI is InChI=1S/C13H12F3N3O2/c1-18-6-7(12(20)19(2)13(18)21)5-17-11-4-9(15)8(14)3-10(11)16/h3-4,6,17H,5H2,1-2H3. The maximum atomic E-state index is 13.4. The molecule has 0 aliphatic carbocycles. The summed E-state index contributed by atoms with van der Waals surface area (Å²) in [7, 11) is 2.77. The van der Waals surface area contributed by atoms with Gasteiger partial charge in [-0.15, -0.1) is 0 Å². The summed E-state index contributed by atoms with van der Waals surface area (Å²) >= 11 is 0. The molecule has 0 unspecified atom stereocenters. The minimum atomic E-state index is -1.30. The topological polar surface area (TPSA) is 56.0 Å². The van der Waals surface area contributed by atoms with Crippen LogP contribution in [0.1, 0.15) is 5.56 Å². The molecule has 112 valence electrons. The first-order valence-corrected chi connectivity index (χ1v) is 5.95. The quantitative estimate of drug-likeness (QED) is 0.864. The van der Waals surface area contributed by atoms with E-state index in [1.54, 1.807) is 0 Å². The molecule has 2 rings (SSSR count). The lowest BCUT2D eigenvalue weighted by molar-refractivity contribution is 0.496. The van der Waals surface area contributed by atoms with Gasteiger partial charge in [-0.1, -0.05) is 0 Å². The molecule has 0 aliphatic rings. The lowest BCUT2D eigenvalue weighted by Gasteiger charge is -2.10. The Labute approximate surface area is 117 Å². The zero-order valence-electron chi connectivity index (χ0n) is 11.3. The van der Waals surface area contributed by atoms with Crippen LogP contribution in [-0.4, -0.2) is 9.13 Å². The number of hydrogen-bond donors (Lipinski definition) is 1. The molecular formula is C13H12F3N3O2. The summed E-state index contributed by atoms with van der Waals surface area (Å²) < 4.78 is 41.4. The van der Waals surface area contributed by atoms with Crippen LogP contribution in [0.4, 0.5) is 18.9 Å². The molecule has 0 bridgehead atoms. The highest BCUT2D eigenvalue weighted by Gasteiger charge is 2.11. The zero-order chi connectivity index (χ0) is 15.7. The Bertz CT molecular complexity index is 812. The summed E-state index contributed by atoms with van der Waals surface area (Å²) in [6.45, 7) is -0.136. The van der Waals surface area contributed by atoms with Crippen molar-refractivity contribution in [3.05, 3.63) is 62.2 Å². The fourth-order valence-electron chi connectivity index (χ4n) is 1.85. The first-order valence-electron chi connectivity index (χ1n) is 5.95. The predicted octanol–water partition coefficient (Wildman–Crippen LogP) is 1.11. The van der Waals surface area contributed by atoms with Gasteiger partial charge in [0.15, 0.2) is 11.6 Å². The van der Waals surface area contributed by atoms with Crippen LogP contribution in [0.3, 0.4) is 0 Å². The Morgan fingerprint density at radius 2 is 1.67 bits per heavy atom. The normalized spacial score (nSPS) is 10.7. The summed E-state index contributed by atoms with van der Waals surface area (Å²) in [5.74, 6) is -3.47. The predicted molar refractivity (Wildman–Crippen MR) is 70.6 cm³/mol. The van der Waals surface area contributed by atoms with Crippen LogP contribution in [0.25, 0.3) is 0 Å². The van der Waals surface area contributed by atoms with Crippen LogP contribution in [0.5, 0.6) is 0 Å². The van der Waals surface area contributed by atoms with Gasteiger partial charge in [0.2, 0.25) is 0 Å². The van der Waals surface area contributed by atoms with E-state index >= 15 is 0 Å². The van der Waals surface area contributed by atoms with Crippen LogP contribution in [0.15, 0.2) is 27.9 Å². The molecule has 0 saturated carbocycles. The molecule has 0 aliphatic heterocycles. The van der Waals surface area contributed by atoms with Crippen LogP contribution in [-0.2, 0) is 20.6 Å². The van der Waals surface area contributed by atoms with E-state index in [4.69, 9.17) is 0 Å². The number of hydrogen-bond acceptors (Lipinski definition) is 3. The molecule has 0 saturated heterocycles. The van der Waals surface area contributed by atoms with Crippen LogP contribution < -0.4 is 16.6 Å². The van der Waals surface area contributed by atoms with E-state index in [2.05, 4.69) is 5.32 Å². The van der Waals surface area contributed by atoms with Crippen molar-refractivity contribution in [1.29, 1.82) is 0 Å². The van der Waals surface area contributed by atoms with E-state index < -0.39 is 28.7 Å². The van der Waals surface area contributed by atoms with Gasteiger partial charge in [-0.05, 0) is 0 Å². The molecule has 0 fully saturated rings. The molecule has 1 N–H and O–H groups in total. The number of aromatic nitrogens is 2. The van der Waals surface area contributed by atoms with Crippen LogP contribution in [0, 0.1) is 17.5 Å². The molecule has 1 aromatic heterocycles. The first kappa shape index (κ1) is 14.9. The molecule has 5 nitrogen and oxygen atoms in total. The fraction of sp³-hybridized carbons (Fsp3) is 0.231. The lowest BCUT2D eigenvalue weighted by atomic mass is 10.2. The summed E-state index contributed by atoms with van der Waals surface area (Å²) in [6.07, 6.45) is 1.30. The van der Waals surface area contributed by atoms with Gasteiger partial charge in [-0.3, -0.25) is 9.36 Å². The Balaban J connectivity index is 2.31. The third kappa shape index (κ3) is 2.83. The largest absolute Gasteiger partial charge is 0.378 e. The summed E-state index contributed by atoms with van der Waals surface area (Å²) in [5, 5.41) is 2.50. The van der Waals surface area contributed by atoms with E-state index in [0.29, 0.717) is 12.1 Å². The van der Waals surface area contributed by atoms with E-state index in [0.717, 1.165) is 4.57 Å². The summed E-state index contributed by atoms with van der Waals surface area (Å²) in [6, 6.07) is 1.08. The zero-order valence-corrected chi connectivity index (χ0v) is 11.3. The SMILES string of the molecule is Cn1cc(CNc2cc(F)c(F)cc2F)c(=O)n(C)c1=O. The number of benzene rings is 1. The van der Waals surface area contributed by atoms with Crippen LogP contribution >= 0.6 is 0 Å². The second kappa shape index (κ2) is 5.47. The third-order valence-corrected chi connectivity index (χ3v) is 3.00. The number of anilines is 1. The van der Waals surface area contributed by atoms with Crippen molar-refractivity contribution in [3.8, 4) is 0 Å². The molecule has 0 radical (unpaired) electrons. The molecule has 0 spiro atoms. The number of halogens is 3. The van der Waals surface area contributed by atoms with E-state index in [1.807, 2.05) is 0 Å². The van der Waals surface area contributed by atoms with Gasteiger partial charge in [0.05, 0.1) is 11.3 Å². The summed E-state index contributed by atoms with van der Waals surface area (Å²) in [5.41, 5.74) is -1.13. The average Bonchev–Trinajstić information content (AvgIpc) is 2.44. The van der Waals surface area contributed by atoms with Gasteiger partial charge in [-0.2, -0.15) is 0 Å². The van der Waals surface area contributed by atoms with Crippen molar-refractivity contribution in [3.63, 3.8) is 0 Å². The van der Waals surface area contributed by atoms with Gasteiger partial charge in [0.1, 0.15) is 5.82 Å². The molecule has 1 aromatic carbocycles. The highest BCUT2D eigenvalue weighted by atomic mass is 19.2. The maximum Gasteiger partial charge on any atom is 0.330 e. The Morgan fingerprint density at radius 1 is 1.05 bits per heavy atom. The summed E-state index contributed by atoms with van der Waals surface area (Å²) in [4.78, 5) is 23.4. The fourth-order valence-corrected chi connectivity index (χ4v) is 1.85. The van der Waals surface area contributed by atoms with Crippen LogP contribution in [0.2, 0.25) is 0 Å². The van der Waals surface area contributed by atoms with Gasteiger partial charge in [0.25, 0.3) is 5.56 Å². The molecular weight excluding hydrogens is 287 g/mol. The average molecular weight is 299 g/mol. The van der Waals surface area contributed by atoms with E-state index in [-0.39, 0.29) is 17.8 Å². The number of nitrogens with zero attached hydrogens (tertiary/aromatic N) is 2. The molecule has 8 heteroatoms. The molecule has 2 aromatic rings. The Morgan fingerprint density at radius 3 is 2.33 bits per heavy atom. The molecule has 0 amide bonds. The minimum Gasteiger partial charge on any atom is -0.378 e. The Kier molecular flexibility index (Phi) is 3.88. The van der Waals surface area contributed by atoms with Crippen molar-refractivity contribution < 1.29 is 13.2 Å². The van der Waals surface area contributed by atoms with Crippen molar-refractivity contribution in [2.75, 3.05) is 5.32 Å². The van der Waals surface area contributed by atoms with Gasteiger partial charge >= 0.3 is 5.69 Å². The van der Waals surface area contributed by atoms with Gasteiger partial charge < -0.3 is 9.88 Å². The molecule has 1 heterocycles. The molecule has 0 atom stereocenters. The first-order chi connectivity index (χ1) is 9.81. The van der Waals surface area contributed by atoms with Crippen molar-refractivity contribution in [2.24, 2.45) is 14.1 Å². The Hall–Kier alpha value is -2.51. The molecule has 21 heavy (non-hydrogen) atoms. The number of aryl methyl sites for hydroxylation is 1. The lowest BCUT2D eigenvalue weighted by Crippen LogP contribution is -2.38. The van der Waals surface area contributed by atoms with E-state index in [9.17, 15) is 22.8 Å². The smallest absolute Gasteiger partial charge is 0.330 e. The number of nitrogens with one attached hydrogen (secondary N) is 1. The van der Waals surface area contributed by atoms with Crippen molar-refractivity contribution >= 4 is 5.69 Å². The maximum absolute atomic E-state index is 13.4. The van der Waals surface area contributed by atoms with Crippen molar-refractivity contribution in [1.82, 2.24) is 9.13 Å². The van der Waals surface area contributed by atoms with Crippen molar-refractivity contribution in [2.45, 2.75) is 6.54 Å². The van der Waals surface area contributed by atoms with Gasteiger partial charge in [0, 0.05) is 39.0 Å². The second-order valence-electron chi connectivity index (χ2n) is 4.51. The third-order valence-electron chi connectivity index (χ3n) is 3.00. The van der Waals surface area contributed by atoms with Gasteiger partial charge in [-0.25, -0.2) is 18.0 Å².